The van der Waals surface area contributed by atoms with Crippen molar-refractivity contribution >= 4 is 28.4 Å². The van der Waals surface area contributed by atoms with Gasteiger partial charge in [-0.2, -0.15) is 0 Å². The fourth-order valence-electron chi connectivity index (χ4n) is 1.62. The quantitative estimate of drug-likeness (QED) is 0.645. The van der Waals surface area contributed by atoms with Crippen molar-refractivity contribution in [2.45, 2.75) is 32.1 Å². The second-order valence-corrected chi connectivity index (χ2v) is 8.40. The van der Waals surface area contributed by atoms with Crippen LogP contribution in [0.4, 0.5) is 0 Å². The molecule has 0 aliphatic rings. The van der Waals surface area contributed by atoms with E-state index in [0.717, 1.165) is 10.6 Å². The molecule has 0 radical (unpaired) electrons. The molecule has 0 aromatic heterocycles. The zero-order valence-corrected chi connectivity index (χ0v) is 14.6. The maximum atomic E-state index is 11.9. The number of benzene rings is 1. The summed E-state index contributed by atoms with van der Waals surface area (Å²) in [4.78, 5) is 4.15. The van der Waals surface area contributed by atoms with Crippen molar-refractivity contribution in [3.05, 3.63) is 34.9 Å². The van der Waals surface area contributed by atoms with Gasteiger partial charge in [0.25, 0.3) is 0 Å². The van der Waals surface area contributed by atoms with Crippen molar-refractivity contribution in [2.75, 3.05) is 19.3 Å². The lowest BCUT2D eigenvalue weighted by atomic mass is 10.2. The van der Waals surface area contributed by atoms with E-state index in [1.807, 2.05) is 45.0 Å². The van der Waals surface area contributed by atoms with E-state index in [1.54, 1.807) is 7.05 Å². The lowest BCUT2D eigenvalue weighted by Gasteiger charge is -2.18. The Morgan fingerprint density at radius 2 is 2.05 bits per heavy atom. The Labute approximate surface area is 134 Å². The van der Waals surface area contributed by atoms with Gasteiger partial charge < -0.3 is 10.6 Å². The lowest BCUT2D eigenvalue weighted by Crippen LogP contribution is -2.40. The summed E-state index contributed by atoms with van der Waals surface area (Å²) in [5.74, 6) is 1.29. The minimum atomic E-state index is -0.861. The lowest BCUT2D eigenvalue weighted by molar-refractivity contribution is 0.647. The molecular weight excluding hydrogens is 306 g/mol. The first-order chi connectivity index (χ1) is 9.82. The molecule has 1 unspecified atom stereocenters. The Morgan fingerprint density at radius 3 is 2.62 bits per heavy atom. The maximum Gasteiger partial charge on any atom is 0.191 e. The first kappa shape index (κ1) is 18.0. The Kier molecular flexibility index (Phi) is 7.18. The molecule has 0 aliphatic heterocycles. The van der Waals surface area contributed by atoms with E-state index >= 15 is 0 Å². The van der Waals surface area contributed by atoms with Crippen molar-refractivity contribution in [1.82, 2.24) is 10.6 Å². The van der Waals surface area contributed by atoms with Crippen molar-refractivity contribution in [3.63, 3.8) is 0 Å². The number of halogens is 1. The minimum absolute atomic E-state index is 0.181. The number of rotatable bonds is 5. The molecule has 0 bridgehead atoms. The summed E-state index contributed by atoms with van der Waals surface area (Å²) in [7, 11) is 0.855. The van der Waals surface area contributed by atoms with Crippen LogP contribution in [-0.2, 0) is 17.3 Å². The summed E-state index contributed by atoms with van der Waals surface area (Å²) in [5, 5.41) is 7.10. The van der Waals surface area contributed by atoms with E-state index in [4.69, 9.17) is 11.6 Å². The molecule has 0 saturated heterocycles. The van der Waals surface area contributed by atoms with E-state index in [2.05, 4.69) is 15.6 Å². The van der Waals surface area contributed by atoms with Crippen LogP contribution in [0.3, 0.4) is 0 Å². The molecule has 0 amide bonds. The molecule has 0 heterocycles. The van der Waals surface area contributed by atoms with Gasteiger partial charge in [-0.25, -0.2) is 0 Å². The molecule has 0 saturated carbocycles. The molecule has 4 nitrogen and oxygen atoms in total. The Bertz CT molecular complexity index is 512. The first-order valence-electron chi connectivity index (χ1n) is 6.90. The summed E-state index contributed by atoms with van der Waals surface area (Å²) in [6, 6.07) is 7.68. The van der Waals surface area contributed by atoms with Crippen LogP contribution in [-0.4, -0.2) is 34.3 Å². The van der Waals surface area contributed by atoms with Gasteiger partial charge in [0.05, 0.1) is 0 Å². The summed E-state index contributed by atoms with van der Waals surface area (Å²) in [6.07, 6.45) is 0. The largest absolute Gasteiger partial charge is 0.355 e. The van der Waals surface area contributed by atoms with E-state index < -0.39 is 10.8 Å². The smallest absolute Gasteiger partial charge is 0.191 e. The van der Waals surface area contributed by atoms with Gasteiger partial charge in [-0.1, -0.05) is 23.7 Å². The second-order valence-electron chi connectivity index (χ2n) is 5.64. The zero-order valence-electron chi connectivity index (χ0n) is 13.1. The van der Waals surface area contributed by atoms with Crippen molar-refractivity contribution in [1.29, 1.82) is 0 Å². The predicted octanol–water partition coefficient (Wildman–Crippen LogP) is 2.55. The molecule has 6 heteroatoms. The molecule has 2 N–H and O–H groups in total. The van der Waals surface area contributed by atoms with Crippen LogP contribution in [0, 0.1) is 0 Å². The first-order valence-corrected chi connectivity index (χ1v) is 8.60. The van der Waals surface area contributed by atoms with E-state index in [0.29, 0.717) is 24.8 Å². The fourth-order valence-corrected chi connectivity index (χ4v) is 2.73. The summed E-state index contributed by atoms with van der Waals surface area (Å²) < 4.78 is 11.8. The number of hydrogen-bond acceptors (Lipinski definition) is 2. The monoisotopic (exact) mass is 329 g/mol. The van der Waals surface area contributed by atoms with Gasteiger partial charge in [0.15, 0.2) is 5.96 Å². The number of aliphatic imine (C=N–C) groups is 1. The van der Waals surface area contributed by atoms with Gasteiger partial charge in [0, 0.05) is 46.5 Å². The van der Waals surface area contributed by atoms with Gasteiger partial charge in [0.1, 0.15) is 0 Å². The molecule has 0 spiro atoms. The molecule has 0 fully saturated rings. The van der Waals surface area contributed by atoms with Crippen LogP contribution in [0.2, 0.25) is 5.02 Å². The third-order valence-corrected chi connectivity index (χ3v) is 5.01. The Balaban J connectivity index is 2.38. The highest BCUT2D eigenvalue weighted by molar-refractivity contribution is 7.86. The van der Waals surface area contributed by atoms with Crippen LogP contribution < -0.4 is 10.6 Å². The minimum Gasteiger partial charge on any atom is -0.355 e. The summed E-state index contributed by atoms with van der Waals surface area (Å²) >= 11 is 5.95. The molecule has 21 heavy (non-hydrogen) atoms. The highest BCUT2D eigenvalue weighted by Crippen LogP contribution is 2.11. The van der Waals surface area contributed by atoms with Crippen molar-refractivity contribution < 1.29 is 4.21 Å². The Morgan fingerprint density at radius 1 is 1.33 bits per heavy atom. The van der Waals surface area contributed by atoms with Crippen LogP contribution in [0.25, 0.3) is 0 Å². The van der Waals surface area contributed by atoms with Gasteiger partial charge >= 0.3 is 0 Å². The highest BCUT2D eigenvalue weighted by Gasteiger charge is 2.18. The maximum absolute atomic E-state index is 11.9. The van der Waals surface area contributed by atoms with E-state index in [1.165, 1.54) is 0 Å². The zero-order chi connectivity index (χ0) is 15.9. The number of hydrogen-bond donors (Lipinski definition) is 2. The normalized spacial score (nSPS) is 13.9. The average Bonchev–Trinajstić information content (AvgIpc) is 2.41. The standard InChI is InChI=1S/C15H24ClN3OS/c1-15(2,3)21(20)9-8-18-14(17-4)19-11-12-6-5-7-13(16)10-12/h5-7,10H,8-9,11H2,1-4H3,(H2,17,18,19). The SMILES string of the molecule is CN=C(NCCS(=O)C(C)(C)C)NCc1cccc(Cl)c1. The topological polar surface area (TPSA) is 53.5 Å². The molecular formula is C15H24ClN3OS. The number of guanidine groups is 1. The van der Waals surface area contributed by atoms with Crippen molar-refractivity contribution in [3.8, 4) is 0 Å². The molecule has 1 rings (SSSR count). The number of nitrogens with zero attached hydrogens (tertiary/aromatic N) is 1. The Hall–Kier alpha value is -1.07. The van der Waals surface area contributed by atoms with Crippen molar-refractivity contribution in [2.24, 2.45) is 4.99 Å². The van der Waals surface area contributed by atoms with Gasteiger partial charge in [-0.05, 0) is 38.5 Å². The molecule has 1 aromatic carbocycles. The third-order valence-electron chi connectivity index (χ3n) is 2.84. The second kappa shape index (κ2) is 8.39. The summed E-state index contributed by atoms with van der Waals surface area (Å²) in [6.45, 7) is 7.21. The van der Waals surface area contributed by atoms with Gasteiger partial charge in [-0.15, -0.1) is 0 Å². The molecule has 0 aliphatic carbocycles. The molecule has 118 valence electrons. The van der Waals surface area contributed by atoms with Crippen LogP contribution in [0.1, 0.15) is 26.3 Å². The molecule has 1 aromatic rings. The van der Waals surface area contributed by atoms with Gasteiger partial charge in [-0.3, -0.25) is 9.20 Å². The highest BCUT2D eigenvalue weighted by atomic mass is 35.5. The predicted molar refractivity (Wildman–Crippen MR) is 92.4 cm³/mol. The number of nitrogens with one attached hydrogen (secondary N) is 2. The third kappa shape index (κ3) is 6.96. The van der Waals surface area contributed by atoms with E-state index in [9.17, 15) is 4.21 Å². The van der Waals surface area contributed by atoms with Gasteiger partial charge in [0.2, 0.25) is 0 Å². The van der Waals surface area contributed by atoms with Crippen LogP contribution >= 0.6 is 11.6 Å². The molecule has 1 atom stereocenters. The van der Waals surface area contributed by atoms with Crippen LogP contribution in [0.15, 0.2) is 29.3 Å². The van der Waals surface area contributed by atoms with E-state index in [-0.39, 0.29) is 4.75 Å². The summed E-state index contributed by atoms with van der Waals surface area (Å²) in [5.41, 5.74) is 1.09. The fraction of sp³-hybridized carbons (Fsp3) is 0.533. The average molecular weight is 330 g/mol. The van der Waals surface area contributed by atoms with Crippen LogP contribution in [0.5, 0.6) is 0 Å².